The largest absolute Gasteiger partial charge is 0.494 e. The summed E-state index contributed by atoms with van der Waals surface area (Å²) in [6, 6.07) is 16.8. The summed E-state index contributed by atoms with van der Waals surface area (Å²) < 4.78 is 46.3. The number of benzene rings is 2. The molecule has 0 aliphatic rings. The molecule has 214 valence electrons. The summed E-state index contributed by atoms with van der Waals surface area (Å²) in [7, 11) is 1.64. The van der Waals surface area contributed by atoms with E-state index < -0.39 is 9.84 Å². The third kappa shape index (κ3) is 5.98. The van der Waals surface area contributed by atoms with Crippen LogP contribution in [-0.4, -0.2) is 52.1 Å². The minimum Gasteiger partial charge on any atom is -0.494 e. The lowest BCUT2D eigenvalue weighted by Gasteiger charge is -2.25. The fraction of sp³-hybridized carbons (Fsp3) is 0.375. The van der Waals surface area contributed by atoms with Gasteiger partial charge in [0.15, 0.2) is 11.5 Å². The van der Waals surface area contributed by atoms with Crippen LogP contribution in [0.4, 0.5) is 0 Å². The summed E-state index contributed by atoms with van der Waals surface area (Å²) in [6.07, 6.45) is 4.65. The number of fused-ring (bicyclic) bond motifs is 1. The molecule has 1 unspecified atom stereocenters. The second kappa shape index (κ2) is 12.4. The van der Waals surface area contributed by atoms with Crippen LogP contribution in [0.25, 0.3) is 5.52 Å². The monoisotopic (exact) mass is 564 g/mol. The Kier molecular flexibility index (Phi) is 9.11. The molecule has 0 aliphatic heterocycles. The van der Waals surface area contributed by atoms with E-state index in [1.807, 2.05) is 61.8 Å². The Morgan fingerprint density at radius 2 is 1.65 bits per heavy atom. The van der Waals surface area contributed by atoms with Crippen molar-refractivity contribution in [1.82, 2.24) is 9.30 Å². The molecule has 0 N–H and O–H groups in total. The van der Waals surface area contributed by atoms with E-state index in [2.05, 4.69) is 24.9 Å². The summed E-state index contributed by atoms with van der Waals surface area (Å²) in [6.45, 7) is 9.50. The average Bonchev–Trinajstić information content (AvgIpc) is 3.37. The van der Waals surface area contributed by atoms with E-state index in [1.54, 1.807) is 38.5 Å². The maximum Gasteiger partial charge on any atom is 0.209 e. The minimum absolute atomic E-state index is 0.0688. The van der Waals surface area contributed by atoms with Crippen LogP contribution in [0, 0.1) is 6.92 Å². The number of nitrogens with zero attached hydrogens (tertiary/aromatic N) is 2. The average molecular weight is 565 g/mol. The summed E-state index contributed by atoms with van der Waals surface area (Å²) >= 11 is 0. The van der Waals surface area contributed by atoms with Crippen molar-refractivity contribution in [2.75, 3.05) is 34.4 Å². The van der Waals surface area contributed by atoms with E-state index in [-0.39, 0.29) is 16.9 Å². The van der Waals surface area contributed by atoms with Crippen molar-refractivity contribution in [1.29, 1.82) is 0 Å². The van der Waals surface area contributed by atoms with Gasteiger partial charge in [-0.25, -0.2) is 8.42 Å². The number of hydrogen-bond acceptors (Lipinski definition) is 6. The van der Waals surface area contributed by atoms with Gasteiger partial charge >= 0.3 is 0 Å². The van der Waals surface area contributed by atoms with Crippen LogP contribution < -0.4 is 14.2 Å². The van der Waals surface area contributed by atoms with Gasteiger partial charge in [0.2, 0.25) is 9.84 Å². The van der Waals surface area contributed by atoms with Crippen LogP contribution in [0.1, 0.15) is 55.8 Å². The first kappa shape index (κ1) is 29.5. The van der Waals surface area contributed by atoms with Crippen molar-refractivity contribution >= 4 is 15.4 Å². The van der Waals surface area contributed by atoms with Gasteiger partial charge in [-0.15, -0.1) is 0 Å². The Morgan fingerprint density at radius 3 is 2.30 bits per heavy atom. The van der Waals surface area contributed by atoms with E-state index in [9.17, 15) is 8.42 Å². The highest BCUT2D eigenvalue weighted by Crippen LogP contribution is 2.36. The van der Waals surface area contributed by atoms with Gasteiger partial charge in [-0.1, -0.05) is 26.0 Å². The zero-order chi connectivity index (χ0) is 29.0. The zero-order valence-electron chi connectivity index (χ0n) is 24.5. The van der Waals surface area contributed by atoms with Crippen molar-refractivity contribution < 1.29 is 22.6 Å². The molecule has 7 nitrogen and oxygen atoms in total. The van der Waals surface area contributed by atoms with Gasteiger partial charge < -0.3 is 18.6 Å². The normalized spacial score (nSPS) is 12.7. The van der Waals surface area contributed by atoms with Gasteiger partial charge in [-0.2, -0.15) is 0 Å². The molecule has 40 heavy (non-hydrogen) atoms. The molecule has 0 fully saturated rings. The molecule has 0 bridgehead atoms. The maximum atomic E-state index is 13.8. The van der Waals surface area contributed by atoms with Crippen LogP contribution in [0.5, 0.6) is 17.2 Å². The Morgan fingerprint density at radius 1 is 0.950 bits per heavy atom. The Hall–Kier alpha value is -3.49. The first-order chi connectivity index (χ1) is 19.1. The van der Waals surface area contributed by atoms with Crippen molar-refractivity contribution in [2.24, 2.45) is 0 Å². The van der Waals surface area contributed by atoms with Crippen LogP contribution >= 0.6 is 0 Å². The van der Waals surface area contributed by atoms with E-state index in [0.29, 0.717) is 23.0 Å². The molecule has 4 aromatic rings. The Balaban J connectivity index is 1.40. The molecular formula is C32H40N2O5S. The zero-order valence-corrected chi connectivity index (χ0v) is 25.3. The predicted molar refractivity (Wildman–Crippen MR) is 159 cm³/mol. The summed E-state index contributed by atoms with van der Waals surface area (Å²) in [5, 5.41) is 0. The molecule has 0 amide bonds. The molecule has 0 radical (unpaired) electrons. The van der Waals surface area contributed by atoms with E-state index in [1.165, 1.54) is 0 Å². The standard InChI is InChI=1S/C32H40N2O5S/c1-22(2)28-21-34-18-8-10-23(3)31(34)32(28)40(35,36)27-14-12-26(13-15-27)39-19-9-17-33(5)24(4)25-11-16-29(37-6)30(20-25)38-7/h8,10-16,18,20-22,24H,9,17,19H2,1-7H3. The number of sulfone groups is 1. The molecule has 0 spiro atoms. The number of methoxy groups -OCH3 is 2. The summed E-state index contributed by atoms with van der Waals surface area (Å²) in [5.74, 6) is 2.15. The highest BCUT2D eigenvalue weighted by Gasteiger charge is 2.28. The van der Waals surface area contributed by atoms with Crippen molar-refractivity contribution in [3.05, 3.63) is 83.7 Å². The topological polar surface area (TPSA) is 69.5 Å². The number of rotatable bonds is 12. The second-order valence-corrected chi connectivity index (χ2v) is 12.3. The maximum absolute atomic E-state index is 13.8. The minimum atomic E-state index is -3.72. The Labute approximate surface area is 238 Å². The van der Waals surface area contributed by atoms with Gasteiger partial charge in [0, 0.05) is 25.0 Å². The lowest BCUT2D eigenvalue weighted by molar-refractivity contribution is 0.225. The van der Waals surface area contributed by atoms with E-state index in [0.717, 1.165) is 40.9 Å². The quantitative estimate of drug-likeness (QED) is 0.179. The van der Waals surface area contributed by atoms with Crippen LogP contribution in [-0.2, 0) is 9.84 Å². The molecule has 2 heterocycles. The lowest BCUT2D eigenvalue weighted by Crippen LogP contribution is -2.24. The number of hydrogen-bond donors (Lipinski definition) is 0. The molecule has 2 aromatic carbocycles. The molecule has 0 aliphatic carbocycles. The highest BCUT2D eigenvalue weighted by molar-refractivity contribution is 7.91. The van der Waals surface area contributed by atoms with Crippen molar-refractivity contribution in [2.45, 2.75) is 55.9 Å². The molecular weight excluding hydrogens is 524 g/mol. The van der Waals surface area contributed by atoms with Crippen LogP contribution in [0.3, 0.4) is 0 Å². The summed E-state index contributed by atoms with van der Waals surface area (Å²) in [5.41, 5.74) is 3.63. The first-order valence-electron chi connectivity index (χ1n) is 13.6. The molecule has 8 heteroatoms. The summed E-state index contributed by atoms with van der Waals surface area (Å²) in [4.78, 5) is 2.92. The highest BCUT2D eigenvalue weighted by atomic mass is 32.2. The van der Waals surface area contributed by atoms with Crippen LogP contribution in [0.2, 0.25) is 0 Å². The molecule has 2 aromatic heterocycles. The number of ether oxygens (including phenoxy) is 3. The second-order valence-electron chi connectivity index (χ2n) is 10.5. The SMILES string of the molecule is COc1ccc(C(C)N(C)CCCOc2ccc(S(=O)(=O)c3c(C(C)C)cn4cccc(C)c34)cc2)cc1OC. The Bertz CT molecular complexity index is 1560. The van der Waals surface area contributed by atoms with E-state index >= 15 is 0 Å². The molecule has 4 rings (SSSR count). The van der Waals surface area contributed by atoms with E-state index in [4.69, 9.17) is 14.2 Å². The van der Waals surface area contributed by atoms with Gasteiger partial charge in [-0.3, -0.25) is 4.90 Å². The van der Waals surface area contributed by atoms with Gasteiger partial charge in [0.1, 0.15) is 10.6 Å². The fourth-order valence-electron chi connectivity index (χ4n) is 4.98. The van der Waals surface area contributed by atoms with Crippen LogP contribution in [0.15, 0.2) is 76.8 Å². The lowest BCUT2D eigenvalue weighted by atomic mass is 10.1. The van der Waals surface area contributed by atoms with Gasteiger partial charge in [0.25, 0.3) is 0 Å². The predicted octanol–water partition coefficient (Wildman–Crippen LogP) is 6.68. The number of aromatic nitrogens is 1. The van der Waals surface area contributed by atoms with Gasteiger partial charge in [-0.05, 0) is 92.4 Å². The number of aryl methyl sites for hydroxylation is 1. The third-order valence-corrected chi connectivity index (χ3v) is 9.34. The third-order valence-electron chi connectivity index (χ3n) is 7.48. The molecule has 1 atom stereocenters. The smallest absolute Gasteiger partial charge is 0.209 e. The fourth-order valence-corrected chi connectivity index (χ4v) is 6.83. The van der Waals surface area contributed by atoms with Crippen molar-refractivity contribution in [3.8, 4) is 17.2 Å². The first-order valence-corrected chi connectivity index (χ1v) is 15.1. The van der Waals surface area contributed by atoms with Crippen molar-refractivity contribution in [3.63, 3.8) is 0 Å². The van der Waals surface area contributed by atoms with Gasteiger partial charge in [0.05, 0.1) is 31.2 Å². The molecule has 0 saturated carbocycles. The number of pyridine rings is 1. The molecule has 0 saturated heterocycles.